The van der Waals surface area contributed by atoms with Gasteiger partial charge in [0.1, 0.15) is 5.92 Å². The van der Waals surface area contributed by atoms with Crippen LogP contribution in [0.4, 0.5) is 0 Å². The van der Waals surface area contributed by atoms with Gasteiger partial charge in [0.05, 0.1) is 18.6 Å². The summed E-state index contributed by atoms with van der Waals surface area (Å²) in [4.78, 5) is 11.5. The molecule has 0 aliphatic rings. The highest BCUT2D eigenvalue weighted by molar-refractivity contribution is 5.81. The van der Waals surface area contributed by atoms with E-state index in [0.717, 1.165) is 5.56 Å². The molecule has 0 aliphatic carbocycles. The van der Waals surface area contributed by atoms with E-state index >= 15 is 0 Å². The van der Waals surface area contributed by atoms with Crippen LogP contribution in [-0.2, 0) is 11.3 Å². The van der Waals surface area contributed by atoms with E-state index in [9.17, 15) is 4.79 Å². The van der Waals surface area contributed by atoms with Crippen molar-refractivity contribution < 1.29 is 9.21 Å². The number of hydrogen-bond donors (Lipinski definition) is 1. The van der Waals surface area contributed by atoms with Crippen LogP contribution in [0, 0.1) is 23.2 Å². The Morgan fingerprint density at radius 2 is 2.40 bits per heavy atom. The fraction of sp³-hybridized carbons (Fsp3) is 0.455. The normalized spacial score (nSPS) is 12.1. The third kappa shape index (κ3) is 3.13. The number of carbonyl (C=O) groups is 1. The molecule has 0 aliphatic heterocycles. The maximum Gasteiger partial charge on any atom is 0.237 e. The molecule has 1 heterocycles. The number of amides is 1. The number of hydrogen-bond acceptors (Lipinski definition) is 3. The molecule has 1 rings (SSSR count). The molecule has 0 fully saturated rings. The van der Waals surface area contributed by atoms with Crippen molar-refractivity contribution in [3.8, 4) is 6.07 Å². The number of rotatable bonds is 4. The van der Waals surface area contributed by atoms with Crippen LogP contribution in [-0.4, -0.2) is 5.91 Å². The number of nitrogens with one attached hydrogen (secondary N) is 1. The van der Waals surface area contributed by atoms with Gasteiger partial charge in [-0.05, 0) is 12.0 Å². The SMILES string of the molecule is CC(C)C(C#N)C(=O)NCc1ccoc1. The number of nitrogens with zero attached hydrogens (tertiary/aromatic N) is 1. The van der Waals surface area contributed by atoms with Gasteiger partial charge in [-0.2, -0.15) is 5.26 Å². The van der Waals surface area contributed by atoms with Gasteiger partial charge in [0.15, 0.2) is 0 Å². The molecular formula is C11H14N2O2. The van der Waals surface area contributed by atoms with Crippen molar-refractivity contribution in [2.24, 2.45) is 11.8 Å². The highest BCUT2D eigenvalue weighted by Crippen LogP contribution is 2.09. The van der Waals surface area contributed by atoms with Crippen LogP contribution in [0.3, 0.4) is 0 Å². The Kier molecular flexibility index (Phi) is 3.92. The molecular weight excluding hydrogens is 192 g/mol. The Bertz CT molecular complexity index is 349. The summed E-state index contributed by atoms with van der Waals surface area (Å²) in [6, 6.07) is 3.77. The van der Waals surface area contributed by atoms with Gasteiger partial charge >= 0.3 is 0 Å². The molecule has 0 saturated heterocycles. The van der Waals surface area contributed by atoms with Crippen molar-refractivity contribution in [2.45, 2.75) is 20.4 Å². The average molecular weight is 206 g/mol. The lowest BCUT2D eigenvalue weighted by Gasteiger charge is -2.12. The van der Waals surface area contributed by atoms with Gasteiger partial charge in [-0.3, -0.25) is 4.79 Å². The summed E-state index contributed by atoms with van der Waals surface area (Å²) >= 11 is 0. The van der Waals surface area contributed by atoms with Crippen LogP contribution >= 0.6 is 0 Å². The highest BCUT2D eigenvalue weighted by atomic mass is 16.3. The second kappa shape index (κ2) is 5.20. The van der Waals surface area contributed by atoms with Crippen LogP contribution < -0.4 is 5.32 Å². The van der Waals surface area contributed by atoms with Crippen molar-refractivity contribution in [2.75, 3.05) is 0 Å². The van der Waals surface area contributed by atoms with Gasteiger partial charge in [-0.25, -0.2) is 0 Å². The first-order valence-electron chi connectivity index (χ1n) is 4.83. The fourth-order valence-corrected chi connectivity index (χ4v) is 1.20. The summed E-state index contributed by atoms with van der Waals surface area (Å²) in [5.41, 5.74) is 0.892. The third-order valence-electron chi connectivity index (χ3n) is 2.14. The summed E-state index contributed by atoms with van der Waals surface area (Å²) in [5, 5.41) is 11.5. The summed E-state index contributed by atoms with van der Waals surface area (Å²) in [6.07, 6.45) is 3.11. The maximum atomic E-state index is 11.5. The molecule has 80 valence electrons. The van der Waals surface area contributed by atoms with Crippen molar-refractivity contribution in [3.05, 3.63) is 24.2 Å². The summed E-state index contributed by atoms with van der Waals surface area (Å²) in [5.74, 6) is -0.787. The van der Waals surface area contributed by atoms with Gasteiger partial charge in [-0.1, -0.05) is 13.8 Å². The third-order valence-corrected chi connectivity index (χ3v) is 2.14. The molecule has 0 spiro atoms. The minimum absolute atomic E-state index is 0.0272. The molecule has 0 bridgehead atoms. The Hall–Kier alpha value is -1.76. The first-order chi connectivity index (χ1) is 7.15. The molecule has 0 aromatic carbocycles. The van der Waals surface area contributed by atoms with Gasteiger partial charge in [0.25, 0.3) is 0 Å². The van der Waals surface area contributed by atoms with E-state index < -0.39 is 5.92 Å². The van der Waals surface area contributed by atoms with E-state index in [1.807, 2.05) is 19.9 Å². The van der Waals surface area contributed by atoms with E-state index in [2.05, 4.69) is 5.32 Å². The van der Waals surface area contributed by atoms with E-state index in [1.54, 1.807) is 18.6 Å². The Morgan fingerprint density at radius 1 is 1.67 bits per heavy atom. The van der Waals surface area contributed by atoms with E-state index in [0.29, 0.717) is 6.54 Å². The Labute approximate surface area is 88.9 Å². The number of furan rings is 1. The van der Waals surface area contributed by atoms with Crippen molar-refractivity contribution in [3.63, 3.8) is 0 Å². The van der Waals surface area contributed by atoms with Crippen LogP contribution in [0.1, 0.15) is 19.4 Å². The molecule has 0 saturated carbocycles. The minimum atomic E-state index is -0.586. The van der Waals surface area contributed by atoms with E-state index in [4.69, 9.17) is 9.68 Å². The summed E-state index contributed by atoms with van der Waals surface area (Å²) < 4.78 is 4.86. The molecule has 1 N–H and O–H groups in total. The predicted octanol–water partition coefficient (Wildman–Crippen LogP) is 1.69. The molecule has 0 radical (unpaired) electrons. The zero-order valence-electron chi connectivity index (χ0n) is 8.86. The van der Waals surface area contributed by atoms with Gasteiger partial charge in [-0.15, -0.1) is 0 Å². The van der Waals surface area contributed by atoms with Crippen molar-refractivity contribution in [1.82, 2.24) is 5.32 Å². The van der Waals surface area contributed by atoms with Gasteiger partial charge in [0.2, 0.25) is 5.91 Å². The zero-order chi connectivity index (χ0) is 11.3. The van der Waals surface area contributed by atoms with Crippen molar-refractivity contribution >= 4 is 5.91 Å². The second-order valence-electron chi connectivity index (χ2n) is 3.70. The standard InChI is InChI=1S/C11H14N2O2/c1-8(2)10(5-12)11(14)13-6-9-3-4-15-7-9/h3-4,7-8,10H,6H2,1-2H3,(H,13,14). The quantitative estimate of drug-likeness (QED) is 0.815. The molecule has 1 aromatic rings. The zero-order valence-corrected chi connectivity index (χ0v) is 8.86. The number of carbonyl (C=O) groups excluding carboxylic acids is 1. The predicted molar refractivity (Wildman–Crippen MR) is 54.5 cm³/mol. The fourth-order valence-electron chi connectivity index (χ4n) is 1.20. The minimum Gasteiger partial charge on any atom is -0.472 e. The number of nitriles is 1. The maximum absolute atomic E-state index is 11.5. The summed E-state index contributed by atoms with van der Waals surface area (Å²) in [6.45, 7) is 4.11. The second-order valence-corrected chi connectivity index (χ2v) is 3.70. The molecule has 4 nitrogen and oxygen atoms in total. The highest BCUT2D eigenvalue weighted by Gasteiger charge is 2.20. The lowest BCUT2D eigenvalue weighted by molar-refractivity contribution is -0.124. The lowest BCUT2D eigenvalue weighted by Crippen LogP contribution is -2.32. The molecule has 1 unspecified atom stereocenters. The van der Waals surface area contributed by atoms with Crippen LogP contribution in [0.25, 0.3) is 0 Å². The van der Waals surface area contributed by atoms with Crippen LogP contribution in [0.2, 0.25) is 0 Å². The monoisotopic (exact) mass is 206 g/mol. The van der Waals surface area contributed by atoms with Crippen LogP contribution in [0.5, 0.6) is 0 Å². The topological polar surface area (TPSA) is 66.0 Å². The molecule has 15 heavy (non-hydrogen) atoms. The van der Waals surface area contributed by atoms with Gasteiger partial charge in [0, 0.05) is 12.1 Å². The van der Waals surface area contributed by atoms with Gasteiger partial charge < -0.3 is 9.73 Å². The Balaban J connectivity index is 2.46. The molecule has 1 atom stereocenters. The first-order valence-corrected chi connectivity index (χ1v) is 4.83. The van der Waals surface area contributed by atoms with E-state index in [1.165, 1.54) is 0 Å². The lowest BCUT2D eigenvalue weighted by atomic mass is 9.97. The molecule has 4 heteroatoms. The van der Waals surface area contributed by atoms with E-state index in [-0.39, 0.29) is 11.8 Å². The largest absolute Gasteiger partial charge is 0.472 e. The molecule has 1 aromatic heterocycles. The first kappa shape index (κ1) is 11.3. The average Bonchev–Trinajstić information content (AvgIpc) is 2.67. The van der Waals surface area contributed by atoms with Crippen molar-refractivity contribution in [1.29, 1.82) is 5.26 Å². The summed E-state index contributed by atoms with van der Waals surface area (Å²) in [7, 11) is 0. The molecule has 1 amide bonds. The smallest absolute Gasteiger partial charge is 0.237 e. The van der Waals surface area contributed by atoms with Crippen LogP contribution in [0.15, 0.2) is 23.0 Å². The Morgan fingerprint density at radius 3 is 2.87 bits per heavy atom.